The Morgan fingerprint density at radius 1 is 1.53 bits per heavy atom. The molecule has 0 fully saturated rings. The molecule has 0 saturated carbocycles. The van der Waals surface area contributed by atoms with Crippen molar-refractivity contribution in [1.82, 2.24) is 20.2 Å². The van der Waals surface area contributed by atoms with Crippen LogP contribution in [0.5, 0.6) is 0 Å². The number of nitrogens with one attached hydrogen (secondary N) is 1. The second kappa shape index (κ2) is 6.29. The summed E-state index contributed by atoms with van der Waals surface area (Å²) in [4.78, 5) is 13.0. The topological polar surface area (TPSA) is 98.7 Å². The molecule has 96 valence electrons. The molecule has 1 aromatic heterocycles. The summed E-state index contributed by atoms with van der Waals surface area (Å²) in [7, 11) is 1.64. The van der Waals surface area contributed by atoms with Crippen LogP contribution in [0.2, 0.25) is 0 Å². The number of aromatic nitrogens is 4. The Morgan fingerprint density at radius 3 is 2.71 bits per heavy atom. The normalized spacial score (nSPS) is 12.8. The first-order valence-electron chi connectivity index (χ1n) is 5.75. The van der Waals surface area contributed by atoms with Crippen LogP contribution in [0.1, 0.15) is 26.7 Å². The van der Waals surface area contributed by atoms with Crippen molar-refractivity contribution in [3.05, 3.63) is 0 Å². The third-order valence-electron chi connectivity index (χ3n) is 2.37. The Kier molecular flexibility index (Phi) is 5.02. The van der Waals surface area contributed by atoms with Gasteiger partial charge in [0.1, 0.15) is 0 Å². The van der Waals surface area contributed by atoms with Crippen LogP contribution in [-0.2, 0) is 11.8 Å². The zero-order valence-electron chi connectivity index (χ0n) is 10.6. The van der Waals surface area contributed by atoms with Gasteiger partial charge >= 0.3 is 0 Å². The second-order valence-corrected chi connectivity index (χ2v) is 4.59. The lowest BCUT2D eigenvalue weighted by Crippen LogP contribution is -2.23. The van der Waals surface area contributed by atoms with E-state index in [1.807, 2.05) is 0 Å². The van der Waals surface area contributed by atoms with Gasteiger partial charge in [0.2, 0.25) is 5.91 Å². The van der Waals surface area contributed by atoms with Crippen molar-refractivity contribution in [1.29, 1.82) is 0 Å². The number of nitrogens with two attached hydrogens (primary N) is 1. The summed E-state index contributed by atoms with van der Waals surface area (Å²) in [6.07, 6.45) is 1.34. The van der Waals surface area contributed by atoms with Crippen molar-refractivity contribution in [2.75, 3.05) is 11.9 Å². The van der Waals surface area contributed by atoms with Gasteiger partial charge in [0.25, 0.3) is 5.95 Å². The van der Waals surface area contributed by atoms with Gasteiger partial charge in [-0.2, -0.15) is 4.80 Å². The van der Waals surface area contributed by atoms with E-state index in [1.54, 1.807) is 7.05 Å². The summed E-state index contributed by atoms with van der Waals surface area (Å²) in [6.45, 7) is 4.75. The Labute approximate surface area is 101 Å². The number of carbonyl (C=O) groups excluding carboxylic acids is 1. The van der Waals surface area contributed by atoms with E-state index in [0.29, 0.717) is 18.9 Å². The highest BCUT2D eigenvalue weighted by molar-refractivity contribution is 5.88. The Morgan fingerprint density at radius 2 is 2.24 bits per heavy atom. The Balaban J connectivity index is 2.42. The zero-order valence-corrected chi connectivity index (χ0v) is 10.6. The predicted molar refractivity (Wildman–Crippen MR) is 64.0 cm³/mol. The Hall–Kier alpha value is -1.50. The molecule has 3 N–H and O–H groups in total. The molecular formula is C10H20N6O. The van der Waals surface area contributed by atoms with E-state index >= 15 is 0 Å². The number of rotatable bonds is 6. The minimum Gasteiger partial charge on any atom is -0.330 e. The maximum absolute atomic E-state index is 11.7. The minimum atomic E-state index is -0.117. The van der Waals surface area contributed by atoms with E-state index in [1.165, 1.54) is 4.80 Å². The van der Waals surface area contributed by atoms with Gasteiger partial charge in [-0.1, -0.05) is 18.9 Å². The van der Waals surface area contributed by atoms with E-state index in [2.05, 4.69) is 34.6 Å². The maximum Gasteiger partial charge on any atom is 0.270 e. The molecule has 1 aromatic rings. The molecule has 7 nitrogen and oxygen atoms in total. The summed E-state index contributed by atoms with van der Waals surface area (Å²) in [5.41, 5.74) is 5.64. The molecule has 0 spiro atoms. The van der Waals surface area contributed by atoms with Crippen molar-refractivity contribution >= 4 is 11.9 Å². The van der Waals surface area contributed by atoms with Crippen LogP contribution in [0.15, 0.2) is 0 Å². The molecule has 0 bridgehead atoms. The summed E-state index contributed by atoms with van der Waals surface area (Å²) < 4.78 is 0. The van der Waals surface area contributed by atoms with E-state index in [-0.39, 0.29) is 17.8 Å². The molecule has 0 saturated heterocycles. The van der Waals surface area contributed by atoms with Crippen LogP contribution >= 0.6 is 0 Å². The minimum absolute atomic E-state index is 0.117. The lowest BCUT2D eigenvalue weighted by atomic mass is 9.94. The van der Waals surface area contributed by atoms with Crippen LogP contribution in [0, 0.1) is 11.8 Å². The molecule has 1 amide bonds. The number of amides is 1. The second-order valence-electron chi connectivity index (χ2n) is 4.59. The number of hydrogen-bond acceptors (Lipinski definition) is 5. The van der Waals surface area contributed by atoms with E-state index in [4.69, 9.17) is 5.73 Å². The molecule has 7 heteroatoms. The number of tetrazole rings is 1. The summed E-state index contributed by atoms with van der Waals surface area (Å²) >= 11 is 0. The number of anilines is 1. The summed E-state index contributed by atoms with van der Waals surface area (Å²) in [5.74, 6) is 0.851. The molecule has 1 rings (SSSR count). The molecule has 1 atom stereocenters. The van der Waals surface area contributed by atoms with Crippen LogP contribution in [-0.4, -0.2) is 32.7 Å². The first kappa shape index (κ1) is 13.6. The fraction of sp³-hybridized carbons (Fsp3) is 0.800. The number of aryl methyl sites for hydroxylation is 1. The quantitative estimate of drug-likeness (QED) is 0.738. The van der Waals surface area contributed by atoms with E-state index < -0.39 is 0 Å². The highest BCUT2D eigenvalue weighted by Gasteiger charge is 2.15. The first-order chi connectivity index (χ1) is 8.01. The lowest BCUT2D eigenvalue weighted by molar-refractivity contribution is -0.117. The van der Waals surface area contributed by atoms with Crippen LogP contribution in [0.3, 0.4) is 0 Å². The highest BCUT2D eigenvalue weighted by Crippen LogP contribution is 2.14. The largest absolute Gasteiger partial charge is 0.330 e. The molecule has 0 aliphatic heterocycles. The van der Waals surface area contributed by atoms with Crippen LogP contribution < -0.4 is 11.1 Å². The third kappa shape index (κ3) is 4.90. The van der Waals surface area contributed by atoms with Crippen LogP contribution in [0.4, 0.5) is 5.95 Å². The summed E-state index contributed by atoms with van der Waals surface area (Å²) in [5, 5.41) is 13.8. The van der Waals surface area contributed by atoms with Gasteiger partial charge in [0, 0.05) is 6.42 Å². The van der Waals surface area contributed by atoms with Crippen molar-refractivity contribution in [2.45, 2.75) is 26.7 Å². The van der Waals surface area contributed by atoms with Crippen molar-refractivity contribution in [3.63, 3.8) is 0 Å². The van der Waals surface area contributed by atoms with Crippen LogP contribution in [0.25, 0.3) is 0 Å². The number of hydrogen-bond donors (Lipinski definition) is 2. The molecule has 0 aliphatic rings. The van der Waals surface area contributed by atoms with Gasteiger partial charge in [-0.25, -0.2) is 0 Å². The van der Waals surface area contributed by atoms with Gasteiger partial charge < -0.3 is 5.73 Å². The van der Waals surface area contributed by atoms with Gasteiger partial charge in [-0.05, 0) is 30.0 Å². The fourth-order valence-electron chi connectivity index (χ4n) is 1.70. The van der Waals surface area contributed by atoms with Gasteiger partial charge in [-0.3, -0.25) is 10.1 Å². The van der Waals surface area contributed by atoms with Crippen molar-refractivity contribution in [3.8, 4) is 0 Å². The van der Waals surface area contributed by atoms with Gasteiger partial charge in [-0.15, -0.1) is 5.10 Å². The molecule has 1 heterocycles. The number of nitrogens with zero attached hydrogens (tertiary/aromatic N) is 4. The SMILES string of the molecule is CC(C)CC(CN)CC(=O)Nc1nnn(C)n1. The van der Waals surface area contributed by atoms with Gasteiger partial charge in [0.05, 0.1) is 7.05 Å². The highest BCUT2D eigenvalue weighted by atomic mass is 16.1. The number of carbonyl (C=O) groups is 1. The molecule has 0 aromatic carbocycles. The van der Waals surface area contributed by atoms with Crippen molar-refractivity contribution in [2.24, 2.45) is 24.6 Å². The third-order valence-corrected chi connectivity index (χ3v) is 2.37. The Bertz CT molecular complexity index is 361. The monoisotopic (exact) mass is 240 g/mol. The standard InChI is InChI=1S/C10H20N6O/c1-7(2)4-8(6-11)5-9(17)12-10-13-15-16(3)14-10/h7-8H,4-6,11H2,1-3H3,(H,12,14,17). The summed E-state index contributed by atoms with van der Waals surface area (Å²) in [6, 6.07) is 0. The lowest BCUT2D eigenvalue weighted by Gasteiger charge is -2.15. The average molecular weight is 240 g/mol. The molecule has 17 heavy (non-hydrogen) atoms. The van der Waals surface area contributed by atoms with Gasteiger partial charge in [0.15, 0.2) is 0 Å². The van der Waals surface area contributed by atoms with E-state index in [0.717, 1.165) is 6.42 Å². The molecule has 1 unspecified atom stereocenters. The average Bonchev–Trinajstić information content (AvgIpc) is 2.62. The molecule has 0 aliphatic carbocycles. The first-order valence-corrected chi connectivity index (χ1v) is 5.75. The van der Waals surface area contributed by atoms with Crippen molar-refractivity contribution < 1.29 is 4.79 Å². The molecular weight excluding hydrogens is 220 g/mol. The predicted octanol–water partition coefficient (Wildman–Crippen LogP) is 0.160. The van der Waals surface area contributed by atoms with E-state index in [9.17, 15) is 4.79 Å². The maximum atomic E-state index is 11.7. The zero-order chi connectivity index (χ0) is 12.8. The fourth-order valence-corrected chi connectivity index (χ4v) is 1.70. The smallest absolute Gasteiger partial charge is 0.270 e. The molecule has 0 radical (unpaired) electrons.